The fourth-order valence-electron chi connectivity index (χ4n) is 1.56. The molecule has 5 nitrogen and oxygen atoms in total. The standard InChI is InChI=1S/C13H10FNO4/c14-10-2-1-3-12(7-10)19-13-5-4-11(15(17)18)6-9(13)8-16/h1-7,16H,8H2. The van der Waals surface area contributed by atoms with Crippen molar-refractivity contribution in [2.45, 2.75) is 6.61 Å². The van der Waals surface area contributed by atoms with Gasteiger partial charge in [-0.1, -0.05) is 6.07 Å². The number of non-ortho nitro benzene ring substituents is 1. The van der Waals surface area contributed by atoms with Gasteiger partial charge in [0.1, 0.15) is 17.3 Å². The number of aliphatic hydroxyl groups excluding tert-OH is 1. The van der Waals surface area contributed by atoms with Gasteiger partial charge in [0.05, 0.1) is 11.5 Å². The summed E-state index contributed by atoms with van der Waals surface area (Å²) in [6, 6.07) is 9.33. The molecule has 0 aliphatic heterocycles. The molecule has 2 rings (SSSR count). The van der Waals surface area contributed by atoms with Crippen LogP contribution in [0.25, 0.3) is 0 Å². The Bertz CT molecular complexity index is 615. The molecule has 0 fully saturated rings. The first kappa shape index (κ1) is 13.0. The van der Waals surface area contributed by atoms with Crippen molar-refractivity contribution < 1.29 is 19.2 Å². The van der Waals surface area contributed by atoms with Gasteiger partial charge in [0.15, 0.2) is 0 Å². The Morgan fingerprint density at radius 2 is 2.05 bits per heavy atom. The maximum absolute atomic E-state index is 13.0. The molecule has 0 radical (unpaired) electrons. The molecule has 0 saturated carbocycles. The van der Waals surface area contributed by atoms with Crippen molar-refractivity contribution in [1.29, 1.82) is 0 Å². The minimum Gasteiger partial charge on any atom is -0.457 e. The van der Waals surface area contributed by atoms with Crippen LogP contribution in [0.15, 0.2) is 42.5 Å². The molecule has 2 aromatic rings. The number of ether oxygens (including phenoxy) is 1. The Morgan fingerprint density at radius 1 is 1.26 bits per heavy atom. The van der Waals surface area contributed by atoms with Crippen LogP contribution >= 0.6 is 0 Å². The van der Waals surface area contributed by atoms with Crippen molar-refractivity contribution in [3.8, 4) is 11.5 Å². The van der Waals surface area contributed by atoms with Crippen molar-refractivity contribution in [2.24, 2.45) is 0 Å². The molecule has 19 heavy (non-hydrogen) atoms. The summed E-state index contributed by atoms with van der Waals surface area (Å²) in [6.45, 7) is -0.410. The van der Waals surface area contributed by atoms with Crippen LogP contribution in [-0.4, -0.2) is 10.0 Å². The van der Waals surface area contributed by atoms with Gasteiger partial charge in [-0.25, -0.2) is 4.39 Å². The lowest BCUT2D eigenvalue weighted by molar-refractivity contribution is -0.385. The van der Waals surface area contributed by atoms with Gasteiger partial charge in [-0.15, -0.1) is 0 Å². The van der Waals surface area contributed by atoms with Crippen molar-refractivity contribution in [1.82, 2.24) is 0 Å². The molecule has 0 aliphatic rings. The molecular weight excluding hydrogens is 253 g/mol. The lowest BCUT2D eigenvalue weighted by atomic mass is 10.2. The highest BCUT2D eigenvalue weighted by Gasteiger charge is 2.12. The first-order valence-corrected chi connectivity index (χ1v) is 5.42. The Kier molecular flexibility index (Phi) is 3.72. The minimum atomic E-state index is -0.564. The van der Waals surface area contributed by atoms with Gasteiger partial charge in [0.2, 0.25) is 0 Å². The highest BCUT2D eigenvalue weighted by Crippen LogP contribution is 2.29. The number of aliphatic hydroxyl groups is 1. The molecule has 0 heterocycles. The van der Waals surface area contributed by atoms with Gasteiger partial charge in [0.25, 0.3) is 5.69 Å². The molecule has 2 aromatic carbocycles. The molecule has 0 amide bonds. The molecule has 6 heteroatoms. The summed E-state index contributed by atoms with van der Waals surface area (Å²) in [5.41, 5.74) is 0.120. The van der Waals surface area contributed by atoms with Gasteiger partial charge in [-0.3, -0.25) is 10.1 Å². The monoisotopic (exact) mass is 263 g/mol. The summed E-state index contributed by atoms with van der Waals surface area (Å²) in [5, 5.41) is 19.8. The molecule has 0 aliphatic carbocycles. The zero-order valence-corrected chi connectivity index (χ0v) is 9.75. The maximum atomic E-state index is 13.0. The number of nitrogens with zero attached hydrogens (tertiary/aromatic N) is 1. The predicted molar refractivity (Wildman–Crippen MR) is 65.5 cm³/mol. The summed E-state index contributed by atoms with van der Waals surface area (Å²) in [6.07, 6.45) is 0. The molecule has 0 bridgehead atoms. The summed E-state index contributed by atoms with van der Waals surface area (Å²) in [7, 11) is 0. The van der Waals surface area contributed by atoms with E-state index in [4.69, 9.17) is 4.74 Å². The van der Waals surface area contributed by atoms with Crippen molar-refractivity contribution in [3.63, 3.8) is 0 Å². The lowest BCUT2D eigenvalue weighted by Crippen LogP contribution is -1.95. The van der Waals surface area contributed by atoms with E-state index in [9.17, 15) is 19.6 Å². The number of nitro groups is 1. The molecule has 1 N–H and O–H groups in total. The number of hydrogen-bond acceptors (Lipinski definition) is 4. The first-order valence-electron chi connectivity index (χ1n) is 5.42. The Morgan fingerprint density at radius 3 is 2.68 bits per heavy atom. The zero-order chi connectivity index (χ0) is 13.8. The summed E-state index contributed by atoms with van der Waals surface area (Å²) in [4.78, 5) is 10.1. The van der Waals surface area contributed by atoms with E-state index >= 15 is 0 Å². The number of nitro benzene ring substituents is 1. The molecule has 0 spiro atoms. The van der Waals surface area contributed by atoms with E-state index in [0.29, 0.717) is 0 Å². The van der Waals surface area contributed by atoms with Crippen LogP contribution in [0.3, 0.4) is 0 Å². The largest absolute Gasteiger partial charge is 0.457 e. The van der Waals surface area contributed by atoms with Crippen LogP contribution in [-0.2, 0) is 6.61 Å². The molecule has 0 aromatic heterocycles. The van der Waals surface area contributed by atoms with Crippen LogP contribution in [0, 0.1) is 15.9 Å². The third kappa shape index (κ3) is 3.05. The second kappa shape index (κ2) is 5.45. The fraction of sp³-hybridized carbons (Fsp3) is 0.0769. The van der Waals surface area contributed by atoms with Crippen molar-refractivity contribution in [2.75, 3.05) is 0 Å². The van der Waals surface area contributed by atoms with E-state index in [1.807, 2.05) is 0 Å². The third-order valence-electron chi connectivity index (χ3n) is 2.45. The topological polar surface area (TPSA) is 72.6 Å². The highest BCUT2D eigenvalue weighted by atomic mass is 19.1. The molecular formula is C13H10FNO4. The fourth-order valence-corrected chi connectivity index (χ4v) is 1.56. The van der Waals surface area contributed by atoms with Crippen LogP contribution in [0.4, 0.5) is 10.1 Å². The van der Waals surface area contributed by atoms with Gasteiger partial charge >= 0.3 is 0 Å². The second-order valence-electron chi connectivity index (χ2n) is 3.77. The van der Waals surface area contributed by atoms with Gasteiger partial charge in [-0.05, 0) is 18.2 Å². The summed E-state index contributed by atoms with van der Waals surface area (Å²) >= 11 is 0. The predicted octanol–water partition coefficient (Wildman–Crippen LogP) is 3.02. The first-order chi connectivity index (χ1) is 9.10. The van der Waals surface area contributed by atoms with Crippen LogP contribution in [0.2, 0.25) is 0 Å². The van der Waals surface area contributed by atoms with Crippen LogP contribution in [0.5, 0.6) is 11.5 Å². The average Bonchev–Trinajstić information content (AvgIpc) is 2.39. The van der Waals surface area contributed by atoms with E-state index in [2.05, 4.69) is 0 Å². The Balaban J connectivity index is 2.32. The van der Waals surface area contributed by atoms with E-state index in [0.717, 1.165) is 0 Å². The second-order valence-corrected chi connectivity index (χ2v) is 3.77. The number of hydrogen-bond donors (Lipinski definition) is 1. The number of rotatable bonds is 4. The molecule has 0 unspecified atom stereocenters. The van der Waals surface area contributed by atoms with Gasteiger partial charge in [-0.2, -0.15) is 0 Å². The van der Waals surface area contributed by atoms with Gasteiger partial charge in [0, 0.05) is 23.8 Å². The normalized spacial score (nSPS) is 10.2. The van der Waals surface area contributed by atoms with E-state index in [-0.39, 0.29) is 22.7 Å². The molecule has 0 saturated heterocycles. The SMILES string of the molecule is O=[N+]([O-])c1ccc(Oc2cccc(F)c2)c(CO)c1. The number of benzene rings is 2. The van der Waals surface area contributed by atoms with E-state index < -0.39 is 17.3 Å². The number of halogens is 1. The lowest BCUT2D eigenvalue weighted by Gasteiger charge is -2.09. The zero-order valence-electron chi connectivity index (χ0n) is 9.75. The van der Waals surface area contributed by atoms with Gasteiger partial charge < -0.3 is 9.84 Å². The quantitative estimate of drug-likeness (QED) is 0.679. The average molecular weight is 263 g/mol. The highest BCUT2D eigenvalue weighted by molar-refractivity contribution is 5.45. The molecule has 0 atom stereocenters. The summed E-state index contributed by atoms with van der Waals surface area (Å²) in [5.74, 6) is 0.0483. The molecule has 98 valence electrons. The maximum Gasteiger partial charge on any atom is 0.270 e. The smallest absolute Gasteiger partial charge is 0.270 e. The Hall–Kier alpha value is -2.47. The van der Waals surface area contributed by atoms with Crippen molar-refractivity contribution in [3.05, 3.63) is 64.0 Å². The minimum absolute atomic E-state index is 0.143. The van der Waals surface area contributed by atoms with E-state index in [1.54, 1.807) is 6.07 Å². The Labute approximate surface area is 108 Å². The summed E-state index contributed by atoms with van der Waals surface area (Å²) < 4.78 is 18.4. The third-order valence-corrected chi connectivity index (χ3v) is 2.45. The van der Waals surface area contributed by atoms with Crippen molar-refractivity contribution >= 4 is 5.69 Å². The van der Waals surface area contributed by atoms with Crippen LogP contribution < -0.4 is 4.74 Å². The van der Waals surface area contributed by atoms with E-state index in [1.165, 1.54) is 36.4 Å². The van der Waals surface area contributed by atoms with Crippen LogP contribution in [0.1, 0.15) is 5.56 Å².